The average Bonchev–Trinajstić information content (AvgIpc) is 2.94. The Kier molecular flexibility index (Phi) is 8.55. The zero-order valence-electron chi connectivity index (χ0n) is 19.0. The van der Waals surface area contributed by atoms with Gasteiger partial charge in [0.2, 0.25) is 11.8 Å². The van der Waals surface area contributed by atoms with Crippen LogP contribution >= 0.6 is 11.9 Å². The molecule has 0 aromatic heterocycles. The number of hydrogen-bond donors (Lipinski definition) is 4. The molecule has 0 saturated heterocycles. The van der Waals surface area contributed by atoms with Gasteiger partial charge in [-0.1, -0.05) is 42.3 Å². The van der Waals surface area contributed by atoms with Crippen LogP contribution in [0.4, 0.5) is 5.69 Å². The first kappa shape index (κ1) is 25.1. The Hall–Kier alpha value is -3.50. The number of hydrogen-bond acceptors (Lipinski definition) is 7. The summed E-state index contributed by atoms with van der Waals surface area (Å²) in [6.45, 7) is 0.0634. The van der Waals surface area contributed by atoms with Crippen molar-refractivity contribution in [1.29, 1.82) is 0 Å². The van der Waals surface area contributed by atoms with Crippen LogP contribution in [-0.4, -0.2) is 55.3 Å². The van der Waals surface area contributed by atoms with Gasteiger partial charge in [-0.2, -0.15) is 0 Å². The summed E-state index contributed by atoms with van der Waals surface area (Å²) in [5.41, 5.74) is 7.66. The Morgan fingerprint density at radius 1 is 1.29 bits per heavy atom. The molecule has 9 nitrogen and oxygen atoms in total. The first-order valence-electron chi connectivity index (χ1n) is 10.6. The van der Waals surface area contributed by atoms with Gasteiger partial charge < -0.3 is 25.8 Å². The molecule has 0 spiro atoms. The van der Waals surface area contributed by atoms with Crippen LogP contribution in [0, 0.1) is 5.92 Å². The lowest BCUT2D eigenvalue weighted by molar-refractivity contribution is -0.124. The molecule has 34 heavy (non-hydrogen) atoms. The Morgan fingerprint density at radius 2 is 2.03 bits per heavy atom. The minimum absolute atomic E-state index is 0.0107. The molecule has 5 N–H and O–H groups in total. The van der Waals surface area contributed by atoms with Gasteiger partial charge in [0.15, 0.2) is 0 Å². The van der Waals surface area contributed by atoms with E-state index in [4.69, 9.17) is 10.5 Å². The number of rotatable bonds is 8. The standard InChI is InChI=1S/C24H28N4O5S/c1-28-20-11-16(22(30)27-34-2)8-9-21(20)33-14-17(24(28)32)13-26-23(31)19(25)12-18(29)10-15-6-4-3-5-7-15/h3-9,11-12,17,19,29H,10,13-14,25H2,1-2H3,(H,26,31)(H,27,30)/b18-12-/t17-,19?/m0/s1. The number of carbonyl (C=O) groups is 3. The van der Waals surface area contributed by atoms with E-state index in [-0.39, 0.29) is 37.1 Å². The molecule has 1 aliphatic rings. The number of fused-ring (bicyclic) bond motifs is 1. The van der Waals surface area contributed by atoms with E-state index in [1.54, 1.807) is 31.5 Å². The van der Waals surface area contributed by atoms with E-state index >= 15 is 0 Å². The highest BCUT2D eigenvalue weighted by atomic mass is 32.2. The van der Waals surface area contributed by atoms with E-state index in [1.165, 1.54) is 22.9 Å². The highest BCUT2D eigenvalue weighted by Crippen LogP contribution is 2.32. The van der Waals surface area contributed by atoms with Crippen LogP contribution in [0.3, 0.4) is 0 Å². The summed E-state index contributed by atoms with van der Waals surface area (Å²) in [6.07, 6.45) is 3.29. The normalized spacial score (nSPS) is 16.7. The fourth-order valence-electron chi connectivity index (χ4n) is 3.48. The van der Waals surface area contributed by atoms with E-state index in [9.17, 15) is 19.5 Å². The summed E-state index contributed by atoms with van der Waals surface area (Å²) in [5.74, 6) is -1.26. The van der Waals surface area contributed by atoms with Gasteiger partial charge in [0.25, 0.3) is 5.91 Å². The van der Waals surface area contributed by atoms with Gasteiger partial charge in [0, 0.05) is 31.8 Å². The summed E-state index contributed by atoms with van der Waals surface area (Å²) in [4.78, 5) is 39.0. The molecule has 2 atom stereocenters. The van der Waals surface area contributed by atoms with Crippen molar-refractivity contribution >= 4 is 35.4 Å². The number of nitrogens with two attached hydrogens (primary N) is 1. The second-order valence-electron chi connectivity index (χ2n) is 7.81. The van der Waals surface area contributed by atoms with Crippen LogP contribution in [0.1, 0.15) is 15.9 Å². The molecule has 3 amide bonds. The van der Waals surface area contributed by atoms with Crippen molar-refractivity contribution < 1.29 is 24.2 Å². The molecule has 1 unspecified atom stereocenters. The molecule has 1 heterocycles. The maximum absolute atomic E-state index is 13.0. The van der Waals surface area contributed by atoms with E-state index in [2.05, 4.69) is 10.0 Å². The van der Waals surface area contributed by atoms with E-state index in [0.29, 0.717) is 17.0 Å². The van der Waals surface area contributed by atoms with Gasteiger partial charge in [-0.3, -0.25) is 19.1 Å². The highest BCUT2D eigenvalue weighted by molar-refractivity contribution is 7.97. The molecular weight excluding hydrogens is 456 g/mol. The number of amides is 3. The fourth-order valence-corrected chi connectivity index (χ4v) is 3.79. The first-order chi connectivity index (χ1) is 16.3. The summed E-state index contributed by atoms with van der Waals surface area (Å²) in [7, 11) is 1.59. The van der Waals surface area contributed by atoms with Crippen LogP contribution in [0.5, 0.6) is 5.75 Å². The molecule has 3 rings (SSSR count). The molecule has 1 aliphatic heterocycles. The van der Waals surface area contributed by atoms with Crippen LogP contribution < -0.4 is 25.4 Å². The zero-order valence-corrected chi connectivity index (χ0v) is 19.8. The summed E-state index contributed by atoms with van der Waals surface area (Å²) in [6, 6.07) is 13.1. The van der Waals surface area contributed by atoms with Gasteiger partial charge in [-0.05, 0) is 29.8 Å². The Labute approximate surface area is 202 Å². The van der Waals surface area contributed by atoms with E-state index < -0.39 is 17.9 Å². The predicted molar refractivity (Wildman–Crippen MR) is 132 cm³/mol. The molecule has 0 saturated carbocycles. The lowest BCUT2D eigenvalue weighted by Crippen LogP contribution is -2.45. The fraction of sp³-hybridized carbons (Fsp3) is 0.292. The molecule has 10 heteroatoms. The maximum Gasteiger partial charge on any atom is 0.261 e. The SMILES string of the molecule is CSNC(=O)c1ccc2c(c1)N(C)C(=O)[C@@H](CNC(=O)C(N)/C=C(\O)Cc1ccccc1)CO2. The largest absolute Gasteiger partial charge is 0.512 e. The second kappa shape index (κ2) is 11.6. The van der Waals surface area contributed by atoms with Crippen molar-refractivity contribution in [1.82, 2.24) is 10.0 Å². The number of anilines is 1. The minimum Gasteiger partial charge on any atom is -0.512 e. The molecule has 2 aromatic rings. The van der Waals surface area contributed by atoms with Gasteiger partial charge in [0.1, 0.15) is 18.4 Å². The topological polar surface area (TPSA) is 134 Å². The van der Waals surface area contributed by atoms with Crippen LogP contribution in [0.15, 0.2) is 60.4 Å². The van der Waals surface area contributed by atoms with Gasteiger partial charge in [-0.15, -0.1) is 0 Å². The lowest BCUT2D eigenvalue weighted by atomic mass is 10.1. The summed E-state index contributed by atoms with van der Waals surface area (Å²) < 4.78 is 8.43. The maximum atomic E-state index is 13.0. The van der Waals surface area contributed by atoms with Crippen LogP contribution in [0.2, 0.25) is 0 Å². The number of carbonyl (C=O) groups excluding carboxylic acids is 3. The number of aliphatic hydroxyl groups is 1. The van der Waals surface area contributed by atoms with E-state index in [0.717, 1.165) is 5.56 Å². The molecule has 0 aliphatic carbocycles. The molecular formula is C24H28N4O5S. The third-order valence-corrected chi connectivity index (χ3v) is 5.71. The van der Waals surface area contributed by atoms with Crippen molar-refractivity contribution in [2.45, 2.75) is 12.5 Å². The minimum atomic E-state index is -1.07. The number of allylic oxidation sites excluding steroid dienone is 1. The third kappa shape index (κ3) is 6.30. The molecule has 0 radical (unpaired) electrons. The average molecular weight is 485 g/mol. The van der Waals surface area contributed by atoms with Crippen LogP contribution in [-0.2, 0) is 16.0 Å². The van der Waals surface area contributed by atoms with Crippen molar-refractivity contribution in [3.8, 4) is 5.75 Å². The molecule has 0 bridgehead atoms. The molecule has 180 valence electrons. The zero-order chi connectivity index (χ0) is 24.7. The number of aliphatic hydroxyl groups excluding tert-OH is 1. The molecule has 0 fully saturated rings. The lowest BCUT2D eigenvalue weighted by Gasteiger charge is -2.20. The smallest absolute Gasteiger partial charge is 0.261 e. The monoisotopic (exact) mass is 484 g/mol. The Balaban J connectivity index is 1.60. The summed E-state index contributed by atoms with van der Waals surface area (Å²) >= 11 is 1.18. The Bertz CT molecular complexity index is 1080. The van der Waals surface area contributed by atoms with Crippen molar-refractivity contribution in [2.75, 3.05) is 31.4 Å². The van der Waals surface area contributed by atoms with Gasteiger partial charge in [0.05, 0.1) is 17.4 Å². The van der Waals surface area contributed by atoms with Crippen LogP contribution in [0.25, 0.3) is 0 Å². The predicted octanol–water partition coefficient (Wildman–Crippen LogP) is 1.79. The number of ether oxygens (including phenoxy) is 1. The summed E-state index contributed by atoms with van der Waals surface area (Å²) in [5, 5.41) is 12.8. The molecule has 2 aromatic carbocycles. The van der Waals surface area contributed by atoms with E-state index in [1.807, 2.05) is 30.3 Å². The van der Waals surface area contributed by atoms with Crippen molar-refractivity contribution in [3.63, 3.8) is 0 Å². The Morgan fingerprint density at radius 3 is 2.74 bits per heavy atom. The number of nitrogens with one attached hydrogen (secondary N) is 2. The second-order valence-corrected chi connectivity index (χ2v) is 8.43. The third-order valence-electron chi connectivity index (χ3n) is 5.32. The highest BCUT2D eigenvalue weighted by Gasteiger charge is 2.30. The van der Waals surface area contributed by atoms with Gasteiger partial charge in [-0.25, -0.2) is 0 Å². The van der Waals surface area contributed by atoms with Crippen molar-refractivity contribution in [3.05, 3.63) is 71.5 Å². The number of nitrogens with zero attached hydrogens (tertiary/aromatic N) is 1. The number of benzene rings is 2. The quantitative estimate of drug-likeness (QED) is 0.332. The van der Waals surface area contributed by atoms with Crippen molar-refractivity contribution in [2.24, 2.45) is 11.7 Å². The first-order valence-corrected chi connectivity index (χ1v) is 11.9. The van der Waals surface area contributed by atoms with Gasteiger partial charge >= 0.3 is 0 Å².